The number of hydrogen-bond acceptors (Lipinski definition) is 5. The van der Waals surface area contributed by atoms with Crippen molar-refractivity contribution in [2.75, 3.05) is 20.8 Å². The molecule has 4 rings (SSSR count). The zero-order valence-electron chi connectivity index (χ0n) is 17.5. The Morgan fingerprint density at radius 2 is 1.97 bits per heavy atom. The van der Waals surface area contributed by atoms with Crippen LogP contribution >= 0.6 is 0 Å². The largest absolute Gasteiger partial charge is 0.497 e. The van der Waals surface area contributed by atoms with Crippen LogP contribution in [0.4, 0.5) is 0 Å². The number of hydrogen-bond donors (Lipinski definition) is 0. The van der Waals surface area contributed by atoms with Crippen LogP contribution in [0, 0.1) is 5.92 Å². The fourth-order valence-corrected chi connectivity index (χ4v) is 3.95. The van der Waals surface area contributed by atoms with Gasteiger partial charge in [-0.25, -0.2) is 0 Å². The third kappa shape index (κ3) is 4.42. The SMILES string of the molecule is COc1cccc(CN(C[C@H]2CC(c3ccccc3OC)=NO2)C(=O)C2CCC2)c1. The van der Waals surface area contributed by atoms with Gasteiger partial charge in [-0.1, -0.05) is 35.8 Å². The predicted molar refractivity (Wildman–Crippen MR) is 115 cm³/mol. The van der Waals surface area contributed by atoms with Crippen LogP contribution in [0.25, 0.3) is 0 Å². The van der Waals surface area contributed by atoms with Crippen LogP contribution in [0.5, 0.6) is 11.5 Å². The minimum Gasteiger partial charge on any atom is -0.497 e. The molecule has 2 aromatic rings. The van der Waals surface area contributed by atoms with Gasteiger partial charge in [-0.2, -0.15) is 0 Å². The molecule has 0 bridgehead atoms. The molecule has 2 aromatic carbocycles. The average molecular weight is 408 g/mol. The van der Waals surface area contributed by atoms with Gasteiger partial charge >= 0.3 is 0 Å². The van der Waals surface area contributed by atoms with Gasteiger partial charge in [0.25, 0.3) is 0 Å². The maximum atomic E-state index is 13.1. The number of amides is 1. The van der Waals surface area contributed by atoms with E-state index in [2.05, 4.69) is 5.16 Å². The van der Waals surface area contributed by atoms with Crippen LogP contribution in [0.2, 0.25) is 0 Å². The van der Waals surface area contributed by atoms with E-state index in [1.807, 2.05) is 53.4 Å². The van der Waals surface area contributed by atoms with Gasteiger partial charge in [-0.15, -0.1) is 0 Å². The lowest BCUT2D eigenvalue weighted by molar-refractivity contribution is -0.140. The fourth-order valence-electron chi connectivity index (χ4n) is 3.95. The van der Waals surface area contributed by atoms with E-state index >= 15 is 0 Å². The molecule has 0 unspecified atom stereocenters. The Morgan fingerprint density at radius 3 is 2.70 bits per heavy atom. The molecule has 1 amide bonds. The first-order chi connectivity index (χ1) is 14.7. The number of carbonyl (C=O) groups is 1. The van der Waals surface area contributed by atoms with E-state index in [9.17, 15) is 4.79 Å². The molecule has 1 fully saturated rings. The number of methoxy groups -OCH3 is 2. The number of ether oxygens (including phenoxy) is 2. The number of rotatable bonds is 8. The number of carbonyl (C=O) groups excluding carboxylic acids is 1. The summed E-state index contributed by atoms with van der Waals surface area (Å²) in [7, 11) is 3.30. The summed E-state index contributed by atoms with van der Waals surface area (Å²) in [5.74, 6) is 1.91. The van der Waals surface area contributed by atoms with Crippen LogP contribution in [0.3, 0.4) is 0 Å². The van der Waals surface area contributed by atoms with Gasteiger partial charge in [0.05, 0.1) is 26.5 Å². The maximum Gasteiger partial charge on any atom is 0.226 e. The first-order valence-corrected chi connectivity index (χ1v) is 10.5. The molecule has 0 radical (unpaired) electrons. The molecular formula is C24H28N2O4. The predicted octanol–water partition coefficient (Wildman–Crippen LogP) is 4.03. The van der Waals surface area contributed by atoms with Crippen LogP contribution < -0.4 is 9.47 Å². The van der Waals surface area contributed by atoms with E-state index in [0.717, 1.165) is 47.6 Å². The summed E-state index contributed by atoms with van der Waals surface area (Å²) in [4.78, 5) is 20.8. The summed E-state index contributed by atoms with van der Waals surface area (Å²) in [6.45, 7) is 1.05. The first-order valence-electron chi connectivity index (χ1n) is 10.5. The second-order valence-corrected chi connectivity index (χ2v) is 7.87. The topological polar surface area (TPSA) is 60.4 Å². The molecule has 0 aromatic heterocycles. The van der Waals surface area contributed by atoms with Crippen molar-refractivity contribution < 1.29 is 19.1 Å². The molecule has 1 heterocycles. The van der Waals surface area contributed by atoms with E-state index < -0.39 is 0 Å². The quantitative estimate of drug-likeness (QED) is 0.662. The Kier molecular flexibility index (Phi) is 6.21. The number of benzene rings is 2. The molecule has 1 aliphatic heterocycles. The van der Waals surface area contributed by atoms with Crippen molar-refractivity contribution in [1.29, 1.82) is 0 Å². The second-order valence-electron chi connectivity index (χ2n) is 7.87. The highest BCUT2D eigenvalue weighted by molar-refractivity contribution is 6.03. The molecule has 2 aliphatic rings. The lowest BCUT2D eigenvalue weighted by atomic mass is 9.84. The molecule has 1 aliphatic carbocycles. The van der Waals surface area contributed by atoms with E-state index in [1.165, 1.54) is 0 Å². The summed E-state index contributed by atoms with van der Waals surface area (Å²) in [5.41, 5.74) is 2.84. The standard InChI is InChI=1S/C24H28N2O4/c1-28-19-10-5-7-17(13-19)15-26(24(27)18-8-6-9-18)16-20-14-22(25-30-20)21-11-3-4-12-23(21)29-2/h3-5,7,10-13,18,20H,6,8-9,14-16H2,1-2H3/t20-/m1/s1. The zero-order valence-corrected chi connectivity index (χ0v) is 17.5. The number of para-hydroxylation sites is 1. The first kappa shape index (κ1) is 20.3. The van der Waals surface area contributed by atoms with Gasteiger partial charge in [0.15, 0.2) is 6.10 Å². The van der Waals surface area contributed by atoms with E-state index in [0.29, 0.717) is 19.5 Å². The van der Waals surface area contributed by atoms with E-state index in [1.54, 1.807) is 14.2 Å². The van der Waals surface area contributed by atoms with Crippen LogP contribution in [-0.4, -0.2) is 43.4 Å². The summed E-state index contributed by atoms with van der Waals surface area (Å²) in [6.07, 6.45) is 3.56. The Labute approximate surface area is 177 Å². The van der Waals surface area contributed by atoms with Crippen LogP contribution in [0.1, 0.15) is 36.8 Å². The minimum absolute atomic E-state index is 0.131. The molecule has 1 saturated carbocycles. The molecule has 0 saturated heterocycles. The Morgan fingerprint density at radius 1 is 1.13 bits per heavy atom. The van der Waals surface area contributed by atoms with Crippen molar-refractivity contribution in [2.24, 2.45) is 11.1 Å². The summed E-state index contributed by atoms with van der Waals surface area (Å²) in [5, 5.41) is 4.30. The normalized spacial score (nSPS) is 18.2. The smallest absolute Gasteiger partial charge is 0.226 e. The van der Waals surface area contributed by atoms with Gasteiger partial charge in [-0.05, 0) is 42.7 Å². The Balaban J connectivity index is 1.46. The molecule has 6 nitrogen and oxygen atoms in total. The number of nitrogens with zero attached hydrogens (tertiary/aromatic N) is 2. The van der Waals surface area contributed by atoms with E-state index in [-0.39, 0.29) is 17.9 Å². The average Bonchev–Trinajstić information content (AvgIpc) is 3.20. The summed E-state index contributed by atoms with van der Waals surface area (Å²) < 4.78 is 10.8. The lowest BCUT2D eigenvalue weighted by Crippen LogP contribution is -2.42. The van der Waals surface area contributed by atoms with Crippen molar-refractivity contribution in [3.05, 3.63) is 59.7 Å². The van der Waals surface area contributed by atoms with Crippen LogP contribution in [-0.2, 0) is 16.2 Å². The minimum atomic E-state index is -0.167. The number of oxime groups is 1. The summed E-state index contributed by atoms with van der Waals surface area (Å²) >= 11 is 0. The third-order valence-electron chi connectivity index (χ3n) is 5.85. The highest BCUT2D eigenvalue weighted by atomic mass is 16.6. The highest BCUT2D eigenvalue weighted by Crippen LogP contribution is 2.30. The molecule has 30 heavy (non-hydrogen) atoms. The Hall–Kier alpha value is -3.02. The van der Waals surface area contributed by atoms with Gasteiger partial charge in [0.1, 0.15) is 11.5 Å². The highest BCUT2D eigenvalue weighted by Gasteiger charge is 2.33. The van der Waals surface area contributed by atoms with Crippen molar-refractivity contribution in [1.82, 2.24) is 4.90 Å². The van der Waals surface area contributed by atoms with Crippen molar-refractivity contribution in [3.8, 4) is 11.5 Å². The molecule has 0 spiro atoms. The second kappa shape index (κ2) is 9.20. The zero-order chi connectivity index (χ0) is 20.9. The van der Waals surface area contributed by atoms with Gasteiger partial charge in [0, 0.05) is 24.4 Å². The molecule has 158 valence electrons. The van der Waals surface area contributed by atoms with Crippen LogP contribution in [0.15, 0.2) is 53.7 Å². The van der Waals surface area contributed by atoms with Crippen molar-refractivity contribution >= 4 is 11.6 Å². The van der Waals surface area contributed by atoms with Gasteiger partial charge in [-0.3, -0.25) is 4.79 Å². The Bertz CT molecular complexity index is 923. The molecular weight excluding hydrogens is 380 g/mol. The molecule has 0 N–H and O–H groups in total. The van der Waals surface area contributed by atoms with Gasteiger partial charge in [0.2, 0.25) is 5.91 Å². The van der Waals surface area contributed by atoms with Crippen molar-refractivity contribution in [3.63, 3.8) is 0 Å². The maximum absolute atomic E-state index is 13.1. The van der Waals surface area contributed by atoms with Crippen molar-refractivity contribution in [2.45, 2.75) is 38.3 Å². The molecule has 1 atom stereocenters. The fraction of sp³-hybridized carbons (Fsp3) is 0.417. The van der Waals surface area contributed by atoms with E-state index in [4.69, 9.17) is 14.3 Å². The summed E-state index contributed by atoms with van der Waals surface area (Å²) in [6, 6.07) is 15.7. The van der Waals surface area contributed by atoms with Gasteiger partial charge < -0.3 is 19.2 Å². The third-order valence-corrected chi connectivity index (χ3v) is 5.85. The lowest BCUT2D eigenvalue weighted by Gasteiger charge is -2.32. The monoisotopic (exact) mass is 408 g/mol. The molecule has 6 heteroatoms.